The van der Waals surface area contributed by atoms with Gasteiger partial charge < -0.3 is 5.73 Å². The quantitative estimate of drug-likeness (QED) is 0.821. The van der Waals surface area contributed by atoms with E-state index >= 15 is 0 Å². The lowest BCUT2D eigenvalue weighted by Gasteiger charge is -2.18. The molecule has 2 unspecified atom stereocenters. The normalized spacial score (nSPS) is 14.8. The third-order valence-corrected chi connectivity index (χ3v) is 3.72. The van der Waals surface area contributed by atoms with Gasteiger partial charge in [-0.2, -0.15) is 0 Å². The Balaban J connectivity index is 2.82. The molecule has 0 bridgehead atoms. The first kappa shape index (κ1) is 13.8. The van der Waals surface area contributed by atoms with Crippen molar-refractivity contribution in [3.05, 3.63) is 33.8 Å². The molecule has 0 amide bonds. The predicted octanol–water partition coefficient (Wildman–Crippen LogP) is 4.61. The van der Waals surface area contributed by atoms with Crippen molar-refractivity contribution in [2.75, 3.05) is 0 Å². The van der Waals surface area contributed by atoms with Crippen LogP contribution in [-0.2, 0) is 0 Å². The van der Waals surface area contributed by atoms with Gasteiger partial charge in [0, 0.05) is 6.04 Å². The third-order valence-electron chi connectivity index (χ3n) is 2.88. The zero-order valence-electron chi connectivity index (χ0n) is 9.84. The summed E-state index contributed by atoms with van der Waals surface area (Å²) in [6.45, 7) is 4.20. The zero-order valence-corrected chi connectivity index (χ0v) is 11.4. The highest BCUT2D eigenvalue weighted by molar-refractivity contribution is 6.42. The molecular weight excluding hydrogens is 241 g/mol. The molecule has 0 saturated carbocycles. The molecule has 0 aliphatic heterocycles. The van der Waals surface area contributed by atoms with Gasteiger partial charge in [0.2, 0.25) is 0 Å². The van der Waals surface area contributed by atoms with E-state index in [1.54, 1.807) is 0 Å². The Labute approximate surface area is 108 Å². The topological polar surface area (TPSA) is 26.0 Å². The largest absolute Gasteiger partial charge is 0.328 e. The van der Waals surface area contributed by atoms with Crippen molar-refractivity contribution < 1.29 is 0 Å². The van der Waals surface area contributed by atoms with Gasteiger partial charge in [-0.3, -0.25) is 0 Å². The van der Waals surface area contributed by atoms with Crippen LogP contribution in [0.3, 0.4) is 0 Å². The SMILES string of the molecule is CCC(CCC(C)N)c1cccc(Cl)c1Cl. The van der Waals surface area contributed by atoms with Crippen molar-refractivity contribution in [2.45, 2.75) is 45.1 Å². The number of benzene rings is 1. The van der Waals surface area contributed by atoms with E-state index in [1.165, 1.54) is 0 Å². The van der Waals surface area contributed by atoms with Gasteiger partial charge in [0.1, 0.15) is 0 Å². The molecule has 1 nitrogen and oxygen atoms in total. The van der Waals surface area contributed by atoms with Crippen LogP contribution in [0, 0.1) is 0 Å². The van der Waals surface area contributed by atoms with Crippen molar-refractivity contribution in [3.63, 3.8) is 0 Å². The summed E-state index contributed by atoms with van der Waals surface area (Å²) in [6.07, 6.45) is 3.14. The summed E-state index contributed by atoms with van der Waals surface area (Å²) in [7, 11) is 0. The molecule has 1 aromatic rings. The molecule has 2 N–H and O–H groups in total. The van der Waals surface area contributed by atoms with Crippen molar-refractivity contribution in [1.82, 2.24) is 0 Å². The van der Waals surface area contributed by atoms with E-state index in [0.29, 0.717) is 16.0 Å². The maximum Gasteiger partial charge on any atom is 0.0627 e. The summed E-state index contributed by atoms with van der Waals surface area (Å²) >= 11 is 12.2. The van der Waals surface area contributed by atoms with Gasteiger partial charge in [0.15, 0.2) is 0 Å². The zero-order chi connectivity index (χ0) is 12.1. The molecule has 3 heteroatoms. The second-order valence-corrected chi connectivity index (χ2v) is 5.09. The molecule has 0 fully saturated rings. The summed E-state index contributed by atoms with van der Waals surface area (Å²) in [5.74, 6) is 0.456. The molecule has 0 saturated heterocycles. The van der Waals surface area contributed by atoms with E-state index in [4.69, 9.17) is 28.9 Å². The fourth-order valence-electron chi connectivity index (χ4n) is 1.88. The lowest BCUT2D eigenvalue weighted by molar-refractivity contribution is 0.532. The molecule has 0 radical (unpaired) electrons. The Hall–Kier alpha value is -0.240. The van der Waals surface area contributed by atoms with Gasteiger partial charge in [-0.15, -0.1) is 0 Å². The molecule has 0 aliphatic carbocycles. The fraction of sp³-hybridized carbons (Fsp3) is 0.538. The molecular formula is C13H19Cl2N. The van der Waals surface area contributed by atoms with Gasteiger partial charge >= 0.3 is 0 Å². The lowest BCUT2D eigenvalue weighted by atomic mass is 9.90. The van der Waals surface area contributed by atoms with Crippen LogP contribution in [-0.4, -0.2) is 6.04 Å². The van der Waals surface area contributed by atoms with Crippen LogP contribution in [0.15, 0.2) is 18.2 Å². The highest BCUT2D eigenvalue weighted by Crippen LogP contribution is 2.34. The first-order valence-corrected chi connectivity index (χ1v) is 6.51. The van der Waals surface area contributed by atoms with Crippen LogP contribution in [0.1, 0.15) is 44.6 Å². The Bertz CT molecular complexity index is 337. The van der Waals surface area contributed by atoms with E-state index in [0.717, 1.165) is 24.8 Å². The van der Waals surface area contributed by atoms with Crippen LogP contribution in [0.25, 0.3) is 0 Å². The minimum Gasteiger partial charge on any atom is -0.328 e. The van der Waals surface area contributed by atoms with Crippen LogP contribution < -0.4 is 5.73 Å². The number of rotatable bonds is 5. The Morgan fingerprint density at radius 1 is 1.25 bits per heavy atom. The standard InChI is InChI=1S/C13H19Cl2N/c1-3-10(8-7-9(2)16)11-5-4-6-12(14)13(11)15/h4-6,9-10H,3,7-8,16H2,1-2H3. The monoisotopic (exact) mass is 259 g/mol. The van der Waals surface area contributed by atoms with Gasteiger partial charge in [0.05, 0.1) is 10.0 Å². The first-order chi connectivity index (χ1) is 7.56. The van der Waals surface area contributed by atoms with Crippen molar-refractivity contribution in [3.8, 4) is 0 Å². The first-order valence-electron chi connectivity index (χ1n) is 5.75. The van der Waals surface area contributed by atoms with Gasteiger partial charge in [-0.05, 0) is 43.7 Å². The molecule has 2 atom stereocenters. The average molecular weight is 260 g/mol. The fourth-order valence-corrected chi connectivity index (χ4v) is 2.34. The van der Waals surface area contributed by atoms with Crippen molar-refractivity contribution in [1.29, 1.82) is 0 Å². The molecule has 0 aliphatic rings. The minimum absolute atomic E-state index is 0.243. The summed E-state index contributed by atoms with van der Waals surface area (Å²) < 4.78 is 0. The Morgan fingerprint density at radius 2 is 1.94 bits per heavy atom. The number of halogens is 2. The van der Waals surface area contributed by atoms with E-state index in [1.807, 2.05) is 19.1 Å². The molecule has 0 heterocycles. The highest BCUT2D eigenvalue weighted by atomic mass is 35.5. The molecule has 90 valence electrons. The second-order valence-electron chi connectivity index (χ2n) is 4.30. The van der Waals surface area contributed by atoms with Crippen LogP contribution in [0.4, 0.5) is 0 Å². The maximum absolute atomic E-state index is 6.22. The molecule has 1 aromatic carbocycles. The molecule has 1 rings (SSSR count). The third kappa shape index (κ3) is 3.65. The molecule has 16 heavy (non-hydrogen) atoms. The van der Waals surface area contributed by atoms with Gasteiger partial charge in [0.25, 0.3) is 0 Å². The van der Waals surface area contributed by atoms with Crippen molar-refractivity contribution >= 4 is 23.2 Å². The van der Waals surface area contributed by atoms with Crippen LogP contribution in [0.2, 0.25) is 10.0 Å². The van der Waals surface area contributed by atoms with Gasteiger partial charge in [-0.25, -0.2) is 0 Å². The van der Waals surface area contributed by atoms with E-state index in [-0.39, 0.29) is 6.04 Å². The summed E-state index contributed by atoms with van der Waals surface area (Å²) in [6, 6.07) is 6.08. The van der Waals surface area contributed by atoms with E-state index < -0.39 is 0 Å². The van der Waals surface area contributed by atoms with Crippen LogP contribution >= 0.6 is 23.2 Å². The van der Waals surface area contributed by atoms with E-state index in [9.17, 15) is 0 Å². The van der Waals surface area contributed by atoms with Crippen molar-refractivity contribution in [2.24, 2.45) is 5.73 Å². The van der Waals surface area contributed by atoms with E-state index in [2.05, 4.69) is 13.0 Å². The maximum atomic E-state index is 6.22. The number of nitrogens with two attached hydrogens (primary N) is 1. The average Bonchev–Trinajstić information content (AvgIpc) is 2.24. The summed E-state index contributed by atoms with van der Waals surface area (Å²) in [4.78, 5) is 0. The van der Waals surface area contributed by atoms with Crippen LogP contribution in [0.5, 0.6) is 0 Å². The molecule has 0 spiro atoms. The summed E-state index contributed by atoms with van der Waals surface area (Å²) in [5, 5.41) is 1.33. The Morgan fingerprint density at radius 3 is 2.50 bits per heavy atom. The number of hydrogen-bond acceptors (Lipinski definition) is 1. The number of hydrogen-bond donors (Lipinski definition) is 1. The van der Waals surface area contributed by atoms with Gasteiger partial charge in [-0.1, -0.05) is 42.3 Å². The summed E-state index contributed by atoms with van der Waals surface area (Å²) in [5.41, 5.74) is 6.93. The smallest absolute Gasteiger partial charge is 0.0627 e. The predicted molar refractivity (Wildman–Crippen MR) is 72.4 cm³/mol. The highest BCUT2D eigenvalue weighted by Gasteiger charge is 2.14. The minimum atomic E-state index is 0.243. The Kier molecular flexibility index (Phi) is 5.60. The molecule has 0 aromatic heterocycles. The lowest BCUT2D eigenvalue weighted by Crippen LogP contribution is -2.15. The second kappa shape index (κ2) is 6.48.